The van der Waals surface area contributed by atoms with Crippen LogP contribution in [0.5, 0.6) is 0 Å². The van der Waals surface area contributed by atoms with E-state index in [1.54, 1.807) is 11.8 Å². The number of nitriles is 1. The lowest BCUT2D eigenvalue weighted by Crippen LogP contribution is -2.31. The molecule has 0 saturated carbocycles. The van der Waals surface area contributed by atoms with Gasteiger partial charge in [-0.05, 0) is 38.3 Å². The normalized spacial score (nSPS) is 18.7. The molecule has 0 spiro atoms. The van der Waals surface area contributed by atoms with Crippen LogP contribution in [0.3, 0.4) is 0 Å². The molecule has 1 aliphatic rings. The summed E-state index contributed by atoms with van der Waals surface area (Å²) in [5.74, 6) is 1.58. The molecule has 20 heavy (non-hydrogen) atoms. The van der Waals surface area contributed by atoms with E-state index in [2.05, 4.69) is 15.3 Å². The summed E-state index contributed by atoms with van der Waals surface area (Å²) in [7, 11) is 0. The molecule has 5 nitrogen and oxygen atoms in total. The van der Waals surface area contributed by atoms with Crippen molar-refractivity contribution >= 4 is 11.8 Å². The van der Waals surface area contributed by atoms with Gasteiger partial charge in [-0.2, -0.15) is 5.26 Å². The maximum atomic E-state index is 11.9. The molecule has 0 bridgehead atoms. The van der Waals surface area contributed by atoms with Crippen LogP contribution in [0.25, 0.3) is 0 Å². The molecule has 6 heteroatoms. The molecule has 1 aliphatic heterocycles. The van der Waals surface area contributed by atoms with Crippen molar-refractivity contribution in [1.82, 2.24) is 15.3 Å². The standard InChI is InChI=1S/C14H20N4OS/c1-2-4-12-11(7-15)13(19)18-14(17-12)20-9-10-5-3-6-16-8-10/h10,16H,2-6,8-9H2,1H3,(H,17,18,19). The Kier molecular flexibility index (Phi) is 5.62. The van der Waals surface area contributed by atoms with E-state index in [0.29, 0.717) is 23.2 Å². The smallest absolute Gasteiger partial charge is 0.269 e. The summed E-state index contributed by atoms with van der Waals surface area (Å²) in [4.78, 5) is 19.0. The molecule has 0 radical (unpaired) electrons. The van der Waals surface area contributed by atoms with Gasteiger partial charge in [0.25, 0.3) is 5.56 Å². The average Bonchev–Trinajstić information content (AvgIpc) is 2.46. The minimum absolute atomic E-state index is 0.163. The Bertz CT molecular complexity index is 543. The number of thioether (sulfide) groups is 1. The van der Waals surface area contributed by atoms with Crippen LogP contribution in [0.15, 0.2) is 9.95 Å². The molecule has 1 atom stereocenters. The molecular formula is C14H20N4OS. The van der Waals surface area contributed by atoms with Gasteiger partial charge in [0, 0.05) is 5.75 Å². The second-order valence-electron chi connectivity index (χ2n) is 5.08. The zero-order chi connectivity index (χ0) is 14.4. The van der Waals surface area contributed by atoms with E-state index in [0.717, 1.165) is 25.3 Å². The molecule has 0 aromatic carbocycles. The molecule has 1 unspecified atom stereocenters. The first-order valence-corrected chi connectivity index (χ1v) is 8.10. The van der Waals surface area contributed by atoms with Crippen molar-refractivity contribution in [2.75, 3.05) is 18.8 Å². The molecule has 2 rings (SSSR count). The van der Waals surface area contributed by atoms with Crippen LogP contribution in [-0.2, 0) is 6.42 Å². The van der Waals surface area contributed by atoms with E-state index in [-0.39, 0.29) is 11.1 Å². The Labute approximate surface area is 123 Å². The van der Waals surface area contributed by atoms with E-state index in [9.17, 15) is 4.79 Å². The third-order valence-corrected chi connectivity index (χ3v) is 4.53. The van der Waals surface area contributed by atoms with Gasteiger partial charge < -0.3 is 10.3 Å². The van der Waals surface area contributed by atoms with Crippen molar-refractivity contribution in [1.29, 1.82) is 5.26 Å². The summed E-state index contributed by atoms with van der Waals surface area (Å²) in [5.41, 5.74) is 0.480. The van der Waals surface area contributed by atoms with Gasteiger partial charge in [0.15, 0.2) is 5.16 Å². The molecule has 1 aromatic rings. The monoisotopic (exact) mass is 292 g/mol. The lowest BCUT2D eigenvalue weighted by molar-refractivity contribution is 0.410. The summed E-state index contributed by atoms with van der Waals surface area (Å²) in [6.07, 6.45) is 3.99. The van der Waals surface area contributed by atoms with E-state index < -0.39 is 0 Å². The Morgan fingerprint density at radius 1 is 1.55 bits per heavy atom. The molecule has 2 N–H and O–H groups in total. The number of aromatic nitrogens is 2. The van der Waals surface area contributed by atoms with Gasteiger partial charge in [0.1, 0.15) is 11.6 Å². The zero-order valence-electron chi connectivity index (χ0n) is 11.7. The molecule has 1 aromatic heterocycles. The van der Waals surface area contributed by atoms with Gasteiger partial charge in [-0.15, -0.1) is 0 Å². The van der Waals surface area contributed by atoms with Crippen molar-refractivity contribution in [3.63, 3.8) is 0 Å². The predicted octanol–water partition coefficient (Wildman–Crippen LogP) is 1.69. The second-order valence-corrected chi connectivity index (χ2v) is 6.09. The quantitative estimate of drug-likeness (QED) is 0.637. The van der Waals surface area contributed by atoms with Crippen LogP contribution in [0.4, 0.5) is 0 Å². The van der Waals surface area contributed by atoms with Gasteiger partial charge in [0.2, 0.25) is 0 Å². The Morgan fingerprint density at radius 2 is 2.40 bits per heavy atom. The number of hydrogen-bond donors (Lipinski definition) is 2. The van der Waals surface area contributed by atoms with Gasteiger partial charge in [-0.25, -0.2) is 4.98 Å². The first kappa shape index (κ1) is 15.1. The highest BCUT2D eigenvalue weighted by Crippen LogP contribution is 2.21. The third-order valence-electron chi connectivity index (χ3n) is 3.43. The Balaban J connectivity index is 2.08. The topological polar surface area (TPSA) is 81.6 Å². The first-order chi connectivity index (χ1) is 9.74. The van der Waals surface area contributed by atoms with E-state index >= 15 is 0 Å². The maximum absolute atomic E-state index is 11.9. The molecule has 108 valence electrons. The van der Waals surface area contributed by atoms with Crippen molar-refractivity contribution < 1.29 is 0 Å². The summed E-state index contributed by atoms with van der Waals surface area (Å²) < 4.78 is 0. The van der Waals surface area contributed by atoms with E-state index in [4.69, 9.17) is 5.26 Å². The second kappa shape index (κ2) is 7.46. The van der Waals surface area contributed by atoms with Crippen LogP contribution < -0.4 is 10.9 Å². The van der Waals surface area contributed by atoms with Gasteiger partial charge in [-0.1, -0.05) is 25.1 Å². The largest absolute Gasteiger partial charge is 0.316 e. The number of piperidine rings is 1. The van der Waals surface area contributed by atoms with E-state index in [1.807, 2.05) is 13.0 Å². The van der Waals surface area contributed by atoms with E-state index in [1.165, 1.54) is 12.8 Å². The highest BCUT2D eigenvalue weighted by molar-refractivity contribution is 7.99. The number of aromatic amines is 1. The van der Waals surface area contributed by atoms with Gasteiger partial charge in [0.05, 0.1) is 5.69 Å². The lowest BCUT2D eigenvalue weighted by Gasteiger charge is -2.21. The number of H-pyrrole nitrogens is 1. The van der Waals surface area contributed by atoms with Crippen molar-refractivity contribution in [3.05, 3.63) is 21.6 Å². The van der Waals surface area contributed by atoms with Crippen molar-refractivity contribution in [2.24, 2.45) is 5.92 Å². The Hall–Kier alpha value is -1.32. The highest BCUT2D eigenvalue weighted by atomic mass is 32.2. The summed E-state index contributed by atoms with van der Waals surface area (Å²) in [6.45, 7) is 4.16. The molecule has 1 fully saturated rings. The number of nitrogens with one attached hydrogen (secondary N) is 2. The predicted molar refractivity (Wildman–Crippen MR) is 79.9 cm³/mol. The SMILES string of the molecule is CCCc1nc(SCC2CCCNC2)[nH]c(=O)c1C#N. The fourth-order valence-electron chi connectivity index (χ4n) is 2.36. The zero-order valence-corrected chi connectivity index (χ0v) is 12.6. The molecule has 1 saturated heterocycles. The summed E-state index contributed by atoms with van der Waals surface area (Å²) >= 11 is 1.58. The molecule has 0 amide bonds. The summed E-state index contributed by atoms with van der Waals surface area (Å²) in [5, 5.41) is 13.1. The fraction of sp³-hybridized carbons (Fsp3) is 0.643. The molecule has 2 heterocycles. The molecule has 0 aliphatic carbocycles. The Morgan fingerprint density at radius 3 is 3.05 bits per heavy atom. The fourth-order valence-corrected chi connectivity index (χ4v) is 3.38. The maximum Gasteiger partial charge on any atom is 0.269 e. The number of aryl methyl sites for hydroxylation is 1. The third kappa shape index (κ3) is 3.84. The first-order valence-electron chi connectivity index (χ1n) is 7.11. The number of nitrogens with zero attached hydrogens (tertiary/aromatic N) is 2. The minimum atomic E-state index is -0.310. The van der Waals surface area contributed by atoms with Gasteiger partial charge in [-0.3, -0.25) is 4.79 Å². The van der Waals surface area contributed by atoms with Crippen LogP contribution in [0.2, 0.25) is 0 Å². The minimum Gasteiger partial charge on any atom is -0.316 e. The highest BCUT2D eigenvalue weighted by Gasteiger charge is 2.15. The van der Waals surface area contributed by atoms with Crippen molar-refractivity contribution in [2.45, 2.75) is 37.8 Å². The summed E-state index contributed by atoms with van der Waals surface area (Å²) in [6, 6.07) is 1.96. The lowest BCUT2D eigenvalue weighted by atomic mass is 10.0. The van der Waals surface area contributed by atoms with Crippen LogP contribution >= 0.6 is 11.8 Å². The average molecular weight is 292 g/mol. The number of hydrogen-bond acceptors (Lipinski definition) is 5. The van der Waals surface area contributed by atoms with Crippen LogP contribution in [0.1, 0.15) is 37.4 Å². The van der Waals surface area contributed by atoms with Crippen LogP contribution in [0, 0.1) is 17.2 Å². The van der Waals surface area contributed by atoms with Gasteiger partial charge >= 0.3 is 0 Å². The molecular weight excluding hydrogens is 272 g/mol. The van der Waals surface area contributed by atoms with Crippen molar-refractivity contribution in [3.8, 4) is 6.07 Å². The van der Waals surface area contributed by atoms with Crippen LogP contribution in [-0.4, -0.2) is 28.8 Å². The number of rotatable bonds is 5.